The van der Waals surface area contributed by atoms with Gasteiger partial charge in [-0.25, -0.2) is 5.84 Å². The minimum atomic E-state index is -0.377. The Labute approximate surface area is 87.2 Å². The summed E-state index contributed by atoms with van der Waals surface area (Å²) in [5, 5.41) is 4.48. The number of hydrazine groups is 1. The van der Waals surface area contributed by atoms with Crippen LogP contribution < -0.4 is 11.3 Å². The molecule has 0 saturated carbocycles. The summed E-state index contributed by atoms with van der Waals surface area (Å²) in [6.07, 6.45) is 4.65. The molecule has 0 aliphatic carbocycles. The summed E-state index contributed by atoms with van der Waals surface area (Å²) in [5.74, 6) is 4.82. The van der Waals surface area contributed by atoms with Gasteiger partial charge < -0.3 is 0 Å². The summed E-state index contributed by atoms with van der Waals surface area (Å²) < 4.78 is 1.52. The van der Waals surface area contributed by atoms with Crippen LogP contribution in [0.2, 0.25) is 5.02 Å². The molecular weight excluding hydrogens is 204 g/mol. The number of nitrogens with zero attached hydrogens (tertiary/aromatic N) is 2. The fraction of sp³-hybridized carbons (Fsp3) is 0.500. The third-order valence-electron chi connectivity index (χ3n) is 1.90. The first kappa shape index (κ1) is 11.0. The number of amides is 1. The Bertz CT molecular complexity index is 312. The fourth-order valence-corrected chi connectivity index (χ4v) is 1.38. The van der Waals surface area contributed by atoms with Gasteiger partial charge in [0.05, 0.1) is 11.2 Å². The summed E-state index contributed by atoms with van der Waals surface area (Å²) in [4.78, 5) is 11.4. The van der Waals surface area contributed by atoms with E-state index >= 15 is 0 Å². The highest BCUT2D eigenvalue weighted by Gasteiger charge is 2.19. The molecule has 3 N–H and O–H groups in total. The van der Waals surface area contributed by atoms with E-state index in [0.717, 1.165) is 6.42 Å². The van der Waals surface area contributed by atoms with Crippen molar-refractivity contribution in [1.29, 1.82) is 0 Å². The van der Waals surface area contributed by atoms with Gasteiger partial charge in [-0.3, -0.25) is 14.9 Å². The predicted molar refractivity (Wildman–Crippen MR) is 53.5 cm³/mol. The van der Waals surface area contributed by atoms with E-state index in [1.54, 1.807) is 6.20 Å². The Morgan fingerprint density at radius 1 is 1.86 bits per heavy atom. The molecule has 0 aliphatic rings. The topological polar surface area (TPSA) is 72.9 Å². The van der Waals surface area contributed by atoms with Crippen LogP contribution in [0.4, 0.5) is 0 Å². The number of aromatic nitrogens is 2. The van der Waals surface area contributed by atoms with Gasteiger partial charge >= 0.3 is 0 Å². The number of halogens is 1. The van der Waals surface area contributed by atoms with Crippen molar-refractivity contribution in [2.75, 3.05) is 0 Å². The van der Waals surface area contributed by atoms with Crippen LogP contribution >= 0.6 is 11.6 Å². The lowest BCUT2D eigenvalue weighted by atomic mass is 10.1. The van der Waals surface area contributed by atoms with E-state index in [1.807, 2.05) is 6.92 Å². The van der Waals surface area contributed by atoms with Crippen molar-refractivity contribution in [3.63, 3.8) is 0 Å². The lowest BCUT2D eigenvalue weighted by Gasteiger charge is -2.14. The Hall–Kier alpha value is -1.07. The highest BCUT2D eigenvalue weighted by Crippen LogP contribution is 2.15. The molecule has 1 rings (SSSR count). The third kappa shape index (κ3) is 2.46. The normalized spacial score (nSPS) is 12.5. The third-order valence-corrected chi connectivity index (χ3v) is 2.09. The van der Waals surface area contributed by atoms with Crippen molar-refractivity contribution < 1.29 is 4.79 Å². The highest BCUT2D eigenvalue weighted by atomic mass is 35.5. The minimum absolute atomic E-state index is 0.258. The zero-order valence-corrected chi connectivity index (χ0v) is 8.66. The van der Waals surface area contributed by atoms with Gasteiger partial charge in [-0.15, -0.1) is 0 Å². The average molecular weight is 217 g/mol. The van der Waals surface area contributed by atoms with Gasteiger partial charge in [0.25, 0.3) is 5.91 Å². The number of nitrogens with one attached hydrogen (secondary N) is 1. The summed E-state index contributed by atoms with van der Waals surface area (Å²) in [7, 11) is 0. The number of carbonyl (C=O) groups is 1. The molecular formula is C8H13ClN4O. The van der Waals surface area contributed by atoms with E-state index in [0.29, 0.717) is 11.4 Å². The van der Waals surface area contributed by atoms with Gasteiger partial charge in [0, 0.05) is 6.20 Å². The van der Waals surface area contributed by atoms with Gasteiger partial charge in [0.1, 0.15) is 6.04 Å². The standard InChI is InChI=1S/C8H13ClN4O/c1-2-3-7(8(14)12-10)13-5-6(9)4-11-13/h4-5,7H,2-3,10H2,1H3,(H,12,14). The van der Waals surface area contributed by atoms with E-state index in [1.165, 1.54) is 10.9 Å². The maximum atomic E-state index is 11.4. The number of carbonyl (C=O) groups excluding carboxylic acids is 1. The molecule has 0 spiro atoms. The minimum Gasteiger partial charge on any atom is -0.292 e. The molecule has 6 heteroatoms. The molecule has 1 aromatic rings. The first-order valence-electron chi connectivity index (χ1n) is 4.39. The largest absolute Gasteiger partial charge is 0.292 e. The Kier molecular flexibility index (Phi) is 3.91. The fourth-order valence-electron chi connectivity index (χ4n) is 1.24. The van der Waals surface area contributed by atoms with E-state index in [2.05, 4.69) is 10.5 Å². The molecule has 1 atom stereocenters. The second-order valence-corrected chi connectivity index (χ2v) is 3.39. The van der Waals surface area contributed by atoms with Crippen LogP contribution in [-0.4, -0.2) is 15.7 Å². The molecule has 14 heavy (non-hydrogen) atoms. The first-order chi connectivity index (χ1) is 6.69. The number of hydrogen-bond donors (Lipinski definition) is 2. The lowest BCUT2D eigenvalue weighted by Crippen LogP contribution is -2.37. The van der Waals surface area contributed by atoms with Gasteiger partial charge in [0.2, 0.25) is 0 Å². The molecule has 0 fully saturated rings. The summed E-state index contributed by atoms with van der Waals surface area (Å²) in [6.45, 7) is 1.99. The van der Waals surface area contributed by atoms with Crippen LogP contribution in [-0.2, 0) is 4.79 Å². The maximum Gasteiger partial charge on any atom is 0.258 e. The molecule has 0 aromatic carbocycles. The number of hydrogen-bond acceptors (Lipinski definition) is 3. The second kappa shape index (κ2) is 4.97. The van der Waals surface area contributed by atoms with Crippen molar-refractivity contribution in [3.05, 3.63) is 17.4 Å². The SMILES string of the molecule is CCCC(C(=O)NN)n1cc(Cl)cn1. The lowest BCUT2D eigenvalue weighted by molar-refractivity contribution is -0.124. The van der Waals surface area contributed by atoms with E-state index in [-0.39, 0.29) is 11.9 Å². The highest BCUT2D eigenvalue weighted by molar-refractivity contribution is 6.30. The summed E-state index contributed by atoms with van der Waals surface area (Å²) in [5.41, 5.74) is 2.11. The van der Waals surface area contributed by atoms with Crippen LogP contribution in [0, 0.1) is 0 Å². The molecule has 5 nitrogen and oxygen atoms in total. The molecule has 0 bridgehead atoms. The molecule has 0 radical (unpaired) electrons. The van der Waals surface area contributed by atoms with Crippen molar-refractivity contribution in [2.24, 2.45) is 5.84 Å². The van der Waals surface area contributed by atoms with Gasteiger partial charge in [0.15, 0.2) is 0 Å². The second-order valence-electron chi connectivity index (χ2n) is 2.95. The number of nitrogens with two attached hydrogens (primary N) is 1. The summed E-state index contributed by atoms with van der Waals surface area (Å²) in [6, 6.07) is -0.377. The van der Waals surface area contributed by atoms with E-state index in [4.69, 9.17) is 17.4 Å². The smallest absolute Gasteiger partial charge is 0.258 e. The first-order valence-corrected chi connectivity index (χ1v) is 4.77. The molecule has 1 amide bonds. The van der Waals surface area contributed by atoms with Crippen LogP contribution in [0.5, 0.6) is 0 Å². The van der Waals surface area contributed by atoms with Crippen molar-refractivity contribution in [2.45, 2.75) is 25.8 Å². The van der Waals surface area contributed by atoms with Crippen molar-refractivity contribution in [3.8, 4) is 0 Å². The molecule has 0 aliphatic heterocycles. The monoisotopic (exact) mass is 216 g/mol. The van der Waals surface area contributed by atoms with Crippen LogP contribution in [0.3, 0.4) is 0 Å². The quantitative estimate of drug-likeness (QED) is 0.446. The zero-order valence-electron chi connectivity index (χ0n) is 7.90. The zero-order chi connectivity index (χ0) is 10.6. The molecule has 1 heterocycles. The van der Waals surface area contributed by atoms with Gasteiger partial charge in [-0.1, -0.05) is 24.9 Å². The van der Waals surface area contributed by atoms with Crippen molar-refractivity contribution >= 4 is 17.5 Å². The van der Waals surface area contributed by atoms with Crippen LogP contribution in [0.1, 0.15) is 25.8 Å². The average Bonchev–Trinajstić information content (AvgIpc) is 2.60. The van der Waals surface area contributed by atoms with Gasteiger partial charge in [-0.2, -0.15) is 5.10 Å². The van der Waals surface area contributed by atoms with Crippen LogP contribution in [0.25, 0.3) is 0 Å². The molecule has 1 aromatic heterocycles. The molecule has 78 valence electrons. The molecule has 0 saturated heterocycles. The summed E-state index contributed by atoms with van der Waals surface area (Å²) >= 11 is 5.71. The maximum absolute atomic E-state index is 11.4. The Morgan fingerprint density at radius 3 is 3.00 bits per heavy atom. The van der Waals surface area contributed by atoms with Crippen molar-refractivity contribution in [1.82, 2.24) is 15.2 Å². The van der Waals surface area contributed by atoms with E-state index in [9.17, 15) is 4.79 Å². The van der Waals surface area contributed by atoms with Gasteiger partial charge in [-0.05, 0) is 6.42 Å². The Balaban J connectivity index is 2.82. The van der Waals surface area contributed by atoms with Crippen LogP contribution in [0.15, 0.2) is 12.4 Å². The Morgan fingerprint density at radius 2 is 2.57 bits per heavy atom. The van der Waals surface area contributed by atoms with E-state index < -0.39 is 0 Å². The number of rotatable bonds is 4. The molecule has 1 unspecified atom stereocenters. The predicted octanol–water partition coefficient (Wildman–Crippen LogP) is 0.868.